The number of hydrogen-bond donors (Lipinski definition) is 2. The van der Waals surface area contributed by atoms with Crippen molar-refractivity contribution in [3.05, 3.63) is 0 Å². The minimum atomic E-state index is -3.36. The molecule has 1 saturated heterocycles. The molecule has 106 valence electrons. The minimum absolute atomic E-state index is 0.377. The van der Waals surface area contributed by atoms with E-state index in [1.165, 1.54) is 32.1 Å². The fourth-order valence-corrected chi connectivity index (χ4v) is 4.56. The Kier molecular flexibility index (Phi) is 4.67. The van der Waals surface area contributed by atoms with Gasteiger partial charge >= 0.3 is 0 Å². The van der Waals surface area contributed by atoms with Gasteiger partial charge in [-0.25, -0.2) is 13.6 Å². The minimum Gasteiger partial charge on any atom is -0.312 e. The molecular formula is C13H26N2O2S. The van der Waals surface area contributed by atoms with E-state index in [4.69, 9.17) is 5.14 Å². The highest BCUT2D eigenvalue weighted by Crippen LogP contribution is 2.36. The van der Waals surface area contributed by atoms with Crippen molar-refractivity contribution >= 4 is 10.0 Å². The van der Waals surface area contributed by atoms with Crippen LogP contribution in [-0.2, 0) is 10.0 Å². The Morgan fingerprint density at radius 1 is 1.17 bits per heavy atom. The van der Waals surface area contributed by atoms with Gasteiger partial charge in [-0.15, -0.1) is 0 Å². The van der Waals surface area contributed by atoms with Gasteiger partial charge in [0.15, 0.2) is 0 Å². The van der Waals surface area contributed by atoms with E-state index in [-0.39, 0.29) is 5.25 Å². The zero-order valence-electron chi connectivity index (χ0n) is 11.3. The van der Waals surface area contributed by atoms with Crippen molar-refractivity contribution in [3.8, 4) is 0 Å². The van der Waals surface area contributed by atoms with E-state index in [1.807, 2.05) is 0 Å². The normalized spacial score (nSPS) is 38.6. The first kappa shape index (κ1) is 14.3. The third-order valence-corrected chi connectivity index (χ3v) is 6.21. The van der Waals surface area contributed by atoms with Gasteiger partial charge in [0.2, 0.25) is 10.0 Å². The molecule has 4 nitrogen and oxygen atoms in total. The topological polar surface area (TPSA) is 72.2 Å². The van der Waals surface area contributed by atoms with Crippen molar-refractivity contribution in [2.75, 3.05) is 6.54 Å². The smallest absolute Gasteiger partial charge is 0.213 e. The molecular weight excluding hydrogens is 248 g/mol. The van der Waals surface area contributed by atoms with Crippen LogP contribution in [0.3, 0.4) is 0 Å². The Bertz CT molecular complexity index is 361. The van der Waals surface area contributed by atoms with Crippen LogP contribution in [-0.4, -0.2) is 26.3 Å². The van der Waals surface area contributed by atoms with Crippen LogP contribution in [0.4, 0.5) is 0 Å². The van der Waals surface area contributed by atoms with Gasteiger partial charge in [0.1, 0.15) is 0 Å². The molecule has 2 aliphatic rings. The summed E-state index contributed by atoms with van der Waals surface area (Å²) in [5.74, 6) is 1.56. The fraction of sp³-hybridized carbons (Fsp3) is 1.00. The highest BCUT2D eigenvalue weighted by Gasteiger charge is 2.35. The van der Waals surface area contributed by atoms with E-state index in [0.717, 1.165) is 24.7 Å². The number of nitrogens with two attached hydrogens (primary N) is 1. The van der Waals surface area contributed by atoms with Crippen LogP contribution in [0.1, 0.15) is 51.9 Å². The molecule has 2 rings (SSSR count). The van der Waals surface area contributed by atoms with E-state index in [0.29, 0.717) is 12.6 Å². The lowest BCUT2D eigenvalue weighted by Crippen LogP contribution is -2.51. The molecule has 0 aromatic rings. The molecule has 1 saturated carbocycles. The molecule has 0 bridgehead atoms. The predicted molar refractivity (Wildman–Crippen MR) is 73.7 cm³/mol. The van der Waals surface area contributed by atoms with Crippen LogP contribution in [0.2, 0.25) is 0 Å². The fourth-order valence-electron chi connectivity index (χ4n) is 3.77. The van der Waals surface area contributed by atoms with Crippen molar-refractivity contribution in [1.29, 1.82) is 0 Å². The number of hydrogen-bond acceptors (Lipinski definition) is 3. The van der Waals surface area contributed by atoms with Crippen LogP contribution < -0.4 is 10.5 Å². The molecule has 0 spiro atoms. The first-order valence-electron chi connectivity index (χ1n) is 7.27. The number of sulfonamides is 1. The highest BCUT2D eigenvalue weighted by atomic mass is 32.2. The maximum absolute atomic E-state index is 11.3. The second kappa shape index (κ2) is 5.88. The molecule has 4 unspecified atom stereocenters. The lowest BCUT2D eigenvalue weighted by atomic mass is 9.72. The van der Waals surface area contributed by atoms with Crippen molar-refractivity contribution < 1.29 is 8.42 Å². The summed E-state index contributed by atoms with van der Waals surface area (Å²) >= 11 is 0. The average molecular weight is 274 g/mol. The highest BCUT2D eigenvalue weighted by molar-refractivity contribution is 7.89. The maximum Gasteiger partial charge on any atom is 0.213 e. The SMILES string of the molecule is CCC1CCCCC1C1CCC(S(N)(=O)=O)CN1. The van der Waals surface area contributed by atoms with E-state index in [9.17, 15) is 8.42 Å². The monoisotopic (exact) mass is 274 g/mol. The molecule has 0 aromatic heterocycles. The van der Waals surface area contributed by atoms with E-state index < -0.39 is 10.0 Å². The molecule has 5 heteroatoms. The van der Waals surface area contributed by atoms with Gasteiger partial charge in [0.05, 0.1) is 5.25 Å². The van der Waals surface area contributed by atoms with Crippen LogP contribution in [0, 0.1) is 11.8 Å². The summed E-state index contributed by atoms with van der Waals surface area (Å²) in [4.78, 5) is 0. The Balaban J connectivity index is 1.92. The summed E-state index contributed by atoms with van der Waals surface area (Å²) in [6, 6.07) is 0.508. The zero-order valence-corrected chi connectivity index (χ0v) is 12.1. The summed E-state index contributed by atoms with van der Waals surface area (Å²) in [7, 11) is -3.36. The summed E-state index contributed by atoms with van der Waals surface area (Å²) in [5.41, 5.74) is 0. The second-order valence-electron chi connectivity index (χ2n) is 5.92. The lowest BCUT2D eigenvalue weighted by Gasteiger charge is -2.40. The third-order valence-electron chi connectivity index (χ3n) is 4.88. The van der Waals surface area contributed by atoms with Crippen LogP contribution in [0.15, 0.2) is 0 Å². The van der Waals surface area contributed by atoms with Crippen molar-refractivity contribution in [2.24, 2.45) is 17.0 Å². The molecule has 1 heterocycles. The number of rotatable bonds is 3. The number of primary sulfonamides is 1. The average Bonchev–Trinajstić information content (AvgIpc) is 2.38. The molecule has 2 fully saturated rings. The predicted octanol–water partition coefficient (Wildman–Crippen LogP) is 1.61. The molecule has 1 aliphatic heterocycles. The van der Waals surface area contributed by atoms with E-state index in [1.54, 1.807) is 0 Å². The first-order chi connectivity index (χ1) is 8.52. The molecule has 4 atom stereocenters. The summed E-state index contributed by atoms with van der Waals surface area (Å²) in [6.07, 6.45) is 8.28. The Morgan fingerprint density at radius 2 is 1.89 bits per heavy atom. The summed E-state index contributed by atoms with van der Waals surface area (Å²) < 4.78 is 22.7. The zero-order chi connectivity index (χ0) is 13.2. The summed E-state index contributed by atoms with van der Waals surface area (Å²) in [6.45, 7) is 2.81. The van der Waals surface area contributed by atoms with Crippen molar-refractivity contribution in [3.63, 3.8) is 0 Å². The third kappa shape index (κ3) is 3.25. The standard InChI is InChI=1S/C13H26N2O2S/c1-2-10-5-3-4-6-12(10)13-8-7-11(9-15-13)18(14,16)17/h10-13,15H,2-9H2,1H3,(H2,14,16,17). The van der Waals surface area contributed by atoms with Gasteiger partial charge in [-0.2, -0.15) is 0 Å². The second-order valence-corrected chi connectivity index (χ2v) is 7.76. The Labute approximate surface area is 111 Å². The molecule has 3 N–H and O–H groups in total. The Hall–Kier alpha value is -0.130. The first-order valence-corrected chi connectivity index (χ1v) is 8.88. The van der Waals surface area contributed by atoms with Crippen molar-refractivity contribution in [2.45, 2.75) is 63.2 Å². The van der Waals surface area contributed by atoms with Gasteiger partial charge < -0.3 is 5.32 Å². The van der Waals surface area contributed by atoms with Gasteiger partial charge in [0.25, 0.3) is 0 Å². The van der Waals surface area contributed by atoms with E-state index >= 15 is 0 Å². The number of nitrogens with one attached hydrogen (secondary N) is 1. The number of piperidine rings is 1. The quantitative estimate of drug-likeness (QED) is 0.821. The summed E-state index contributed by atoms with van der Waals surface area (Å²) in [5, 5.41) is 8.29. The van der Waals surface area contributed by atoms with Gasteiger partial charge in [0, 0.05) is 12.6 Å². The van der Waals surface area contributed by atoms with Crippen molar-refractivity contribution in [1.82, 2.24) is 5.32 Å². The molecule has 0 amide bonds. The van der Waals surface area contributed by atoms with Gasteiger partial charge in [-0.05, 0) is 31.1 Å². The van der Waals surface area contributed by atoms with Crippen LogP contribution in [0.5, 0.6) is 0 Å². The van der Waals surface area contributed by atoms with Gasteiger partial charge in [-0.3, -0.25) is 0 Å². The largest absolute Gasteiger partial charge is 0.312 e. The molecule has 0 aromatic carbocycles. The van der Waals surface area contributed by atoms with Crippen LogP contribution in [0.25, 0.3) is 0 Å². The Morgan fingerprint density at radius 3 is 2.44 bits per heavy atom. The maximum atomic E-state index is 11.3. The van der Waals surface area contributed by atoms with Crippen LogP contribution >= 0.6 is 0 Å². The molecule has 1 aliphatic carbocycles. The molecule has 18 heavy (non-hydrogen) atoms. The van der Waals surface area contributed by atoms with Gasteiger partial charge in [-0.1, -0.05) is 32.6 Å². The van der Waals surface area contributed by atoms with E-state index in [2.05, 4.69) is 12.2 Å². The molecule has 0 radical (unpaired) electrons. The lowest BCUT2D eigenvalue weighted by molar-refractivity contribution is 0.157.